The zero-order valence-corrected chi connectivity index (χ0v) is 16.8. The van der Waals surface area contributed by atoms with Crippen LogP contribution < -0.4 is 5.32 Å². The molecule has 0 radical (unpaired) electrons. The molecule has 5 rings (SSSR count). The average Bonchev–Trinajstić information content (AvgIpc) is 3.25. The molecule has 2 aromatic heterocycles. The van der Waals surface area contributed by atoms with Crippen molar-refractivity contribution in [2.45, 2.75) is 6.54 Å². The Hall–Kier alpha value is -4.26. The van der Waals surface area contributed by atoms with Gasteiger partial charge in [0.05, 0.1) is 30.3 Å². The maximum absolute atomic E-state index is 11.7. The lowest BCUT2D eigenvalue weighted by Crippen LogP contribution is -2.05. The summed E-state index contributed by atoms with van der Waals surface area (Å²) in [5.74, 6) is 1.15. The van der Waals surface area contributed by atoms with E-state index >= 15 is 0 Å². The van der Waals surface area contributed by atoms with E-state index in [0.29, 0.717) is 17.9 Å². The van der Waals surface area contributed by atoms with Crippen LogP contribution in [-0.2, 0) is 11.3 Å². The quantitative estimate of drug-likeness (QED) is 0.413. The minimum atomic E-state index is -0.368. The second kappa shape index (κ2) is 7.87. The zero-order valence-electron chi connectivity index (χ0n) is 16.8. The zero-order chi connectivity index (χ0) is 21.2. The number of methoxy groups -OCH3 is 1. The molecular formula is C24H19N5O2. The van der Waals surface area contributed by atoms with Gasteiger partial charge in [0, 0.05) is 16.3 Å². The van der Waals surface area contributed by atoms with Crippen molar-refractivity contribution in [3.8, 4) is 11.3 Å². The average molecular weight is 409 g/mol. The van der Waals surface area contributed by atoms with Crippen molar-refractivity contribution >= 4 is 33.6 Å². The third-order valence-corrected chi connectivity index (χ3v) is 5.13. The molecule has 5 aromatic rings. The number of ether oxygens (including phenoxy) is 1. The van der Waals surface area contributed by atoms with Crippen LogP contribution >= 0.6 is 0 Å². The molecule has 7 heteroatoms. The summed E-state index contributed by atoms with van der Waals surface area (Å²) in [5.41, 5.74) is 4.05. The van der Waals surface area contributed by atoms with Gasteiger partial charge >= 0.3 is 5.97 Å². The molecule has 31 heavy (non-hydrogen) atoms. The molecule has 7 nitrogen and oxygen atoms in total. The fraction of sp³-hybridized carbons (Fsp3) is 0.0833. The fourth-order valence-corrected chi connectivity index (χ4v) is 3.59. The first kappa shape index (κ1) is 18.7. The van der Waals surface area contributed by atoms with Crippen LogP contribution in [0.2, 0.25) is 0 Å². The summed E-state index contributed by atoms with van der Waals surface area (Å²) in [7, 11) is 1.37. The Morgan fingerprint density at radius 3 is 2.45 bits per heavy atom. The summed E-state index contributed by atoms with van der Waals surface area (Å²) in [6, 6.07) is 23.1. The van der Waals surface area contributed by atoms with E-state index in [1.54, 1.807) is 12.1 Å². The van der Waals surface area contributed by atoms with Crippen molar-refractivity contribution < 1.29 is 9.53 Å². The lowest BCUT2D eigenvalue weighted by Gasteiger charge is -2.11. The molecular weight excluding hydrogens is 390 g/mol. The van der Waals surface area contributed by atoms with Gasteiger partial charge in [-0.25, -0.2) is 9.78 Å². The molecule has 0 amide bonds. The Kier molecular flexibility index (Phi) is 4.76. The van der Waals surface area contributed by atoms with Gasteiger partial charge in [-0.1, -0.05) is 48.5 Å². The van der Waals surface area contributed by atoms with Gasteiger partial charge in [-0.3, -0.25) is 0 Å². The van der Waals surface area contributed by atoms with E-state index in [1.165, 1.54) is 7.11 Å². The molecule has 0 fully saturated rings. The number of hydrogen-bond acceptors (Lipinski definition) is 6. The van der Waals surface area contributed by atoms with Gasteiger partial charge in [-0.05, 0) is 24.3 Å². The van der Waals surface area contributed by atoms with Crippen molar-refractivity contribution in [2.75, 3.05) is 12.4 Å². The molecule has 0 atom stereocenters. The Morgan fingerprint density at radius 1 is 0.935 bits per heavy atom. The van der Waals surface area contributed by atoms with Crippen LogP contribution in [0, 0.1) is 0 Å². The number of H-pyrrole nitrogens is 1. The topological polar surface area (TPSA) is 92.8 Å². The molecule has 0 spiro atoms. The maximum Gasteiger partial charge on any atom is 0.337 e. The number of hydrogen-bond donors (Lipinski definition) is 2. The number of esters is 1. The number of rotatable bonds is 5. The number of carbonyl (C=O) groups excluding carboxylic acids is 1. The number of carbonyl (C=O) groups is 1. The lowest BCUT2D eigenvalue weighted by atomic mass is 10.0. The number of benzene rings is 3. The third-order valence-electron chi connectivity index (χ3n) is 5.13. The van der Waals surface area contributed by atoms with Gasteiger partial charge in [0.25, 0.3) is 0 Å². The second-order valence-corrected chi connectivity index (χ2v) is 7.07. The first-order chi connectivity index (χ1) is 15.2. The number of imidazole rings is 1. The van der Waals surface area contributed by atoms with Crippen molar-refractivity contribution in [3.05, 3.63) is 84.2 Å². The van der Waals surface area contributed by atoms with E-state index in [2.05, 4.69) is 25.5 Å². The van der Waals surface area contributed by atoms with Crippen molar-refractivity contribution in [2.24, 2.45) is 0 Å². The first-order valence-electron chi connectivity index (χ1n) is 9.84. The minimum Gasteiger partial charge on any atom is -0.465 e. The normalized spacial score (nSPS) is 11.0. The summed E-state index contributed by atoms with van der Waals surface area (Å²) in [5, 5.41) is 14.2. The molecule has 152 valence electrons. The van der Waals surface area contributed by atoms with Crippen molar-refractivity contribution in [1.82, 2.24) is 20.2 Å². The number of anilines is 1. The monoisotopic (exact) mass is 409 g/mol. The molecule has 0 bridgehead atoms. The van der Waals surface area contributed by atoms with Crippen LogP contribution in [0.4, 0.5) is 5.82 Å². The molecule has 0 saturated heterocycles. The minimum absolute atomic E-state index is 0.368. The van der Waals surface area contributed by atoms with Gasteiger partial charge in [0.15, 0.2) is 5.82 Å². The Morgan fingerprint density at radius 2 is 1.68 bits per heavy atom. The van der Waals surface area contributed by atoms with Crippen LogP contribution in [0.1, 0.15) is 16.2 Å². The van der Waals surface area contributed by atoms with Gasteiger partial charge in [-0.2, -0.15) is 0 Å². The molecule has 2 heterocycles. The molecule has 0 unspecified atom stereocenters. The van der Waals surface area contributed by atoms with E-state index in [-0.39, 0.29) is 5.97 Å². The molecule has 0 aliphatic carbocycles. The standard InChI is InChI=1S/C24H19N5O2/c1-31-24(30)16-12-10-15(11-13-16)22-17-6-2-3-7-18(17)23(29-28-22)25-14-21-26-19-8-4-5-9-20(19)27-21/h2-13H,14H2,1H3,(H,25,29)(H,26,27). The highest BCUT2D eigenvalue weighted by molar-refractivity contribution is 6.00. The van der Waals surface area contributed by atoms with E-state index in [0.717, 1.165) is 38.9 Å². The van der Waals surface area contributed by atoms with Gasteiger partial charge in [0.2, 0.25) is 0 Å². The molecule has 3 aromatic carbocycles. The van der Waals surface area contributed by atoms with E-state index < -0.39 is 0 Å². The SMILES string of the molecule is COC(=O)c1ccc(-c2nnc(NCc3nc4ccccc4[nH]3)c3ccccc23)cc1. The number of nitrogens with zero attached hydrogens (tertiary/aromatic N) is 3. The molecule has 2 N–H and O–H groups in total. The van der Waals surface area contributed by atoms with Crippen LogP contribution in [-0.4, -0.2) is 33.2 Å². The Bertz CT molecular complexity index is 1360. The lowest BCUT2D eigenvalue weighted by molar-refractivity contribution is 0.0601. The predicted molar refractivity (Wildman–Crippen MR) is 120 cm³/mol. The van der Waals surface area contributed by atoms with Crippen LogP contribution in [0.5, 0.6) is 0 Å². The number of para-hydroxylation sites is 2. The summed E-state index contributed by atoms with van der Waals surface area (Å²) in [6.07, 6.45) is 0. The molecule has 0 aliphatic heterocycles. The van der Waals surface area contributed by atoms with Gasteiger partial charge < -0.3 is 15.0 Å². The summed E-state index contributed by atoms with van der Waals surface area (Å²) >= 11 is 0. The number of nitrogens with one attached hydrogen (secondary N) is 2. The summed E-state index contributed by atoms with van der Waals surface area (Å²) < 4.78 is 4.77. The number of fused-ring (bicyclic) bond motifs is 2. The third kappa shape index (κ3) is 3.57. The molecule has 0 saturated carbocycles. The summed E-state index contributed by atoms with van der Waals surface area (Å²) in [4.78, 5) is 19.6. The maximum atomic E-state index is 11.7. The smallest absolute Gasteiger partial charge is 0.337 e. The van der Waals surface area contributed by atoms with Gasteiger partial charge in [0.1, 0.15) is 11.5 Å². The van der Waals surface area contributed by atoms with Crippen LogP contribution in [0.3, 0.4) is 0 Å². The second-order valence-electron chi connectivity index (χ2n) is 7.07. The van der Waals surface area contributed by atoms with E-state index in [1.807, 2.05) is 60.7 Å². The largest absolute Gasteiger partial charge is 0.465 e. The van der Waals surface area contributed by atoms with Crippen LogP contribution in [0.15, 0.2) is 72.8 Å². The Balaban J connectivity index is 1.46. The van der Waals surface area contributed by atoms with Gasteiger partial charge in [-0.15, -0.1) is 10.2 Å². The Labute approximate surface area is 178 Å². The van der Waals surface area contributed by atoms with Crippen molar-refractivity contribution in [1.29, 1.82) is 0 Å². The van der Waals surface area contributed by atoms with Crippen LogP contribution in [0.25, 0.3) is 33.1 Å². The van der Waals surface area contributed by atoms with E-state index in [9.17, 15) is 4.79 Å². The predicted octanol–water partition coefficient (Wildman–Crippen LogP) is 4.57. The number of aromatic nitrogens is 4. The van der Waals surface area contributed by atoms with Crippen molar-refractivity contribution in [3.63, 3.8) is 0 Å². The highest BCUT2D eigenvalue weighted by Crippen LogP contribution is 2.30. The fourth-order valence-electron chi connectivity index (χ4n) is 3.59. The highest BCUT2D eigenvalue weighted by Gasteiger charge is 2.13. The number of aromatic amines is 1. The first-order valence-corrected chi connectivity index (χ1v) is 9.84. The summed E-state index contributed by atoms with van der Waals surface area (Å²) in [6.45, 7) is 0.501. The highest BCUT2D eigenvalue weighted by atomic mass is 16.5. The molecule has 0 aliphatic rings. The van der Waals surface area contributed by atoms with E-state index in [4.69, 9.17) is 4.74 Å².